The first-order valence-electron chi connectivity index (χ1n) is 11.3. The van der Waals surface area contributed by atoms with Crippen molar-refractivity contribution >= 4 is 5.91 Å². The molecule has 7 heteroatoms. The van der Waals surface area contributed by atoms with Crippen molar-refractivity contribution < 1.29 is 13.9 Å². The summed E-state index contributed by atoms with van der Waals surface area (Å²) in [6, 6.07) is 15.1. The SMILES string of the molecule is COc1c(C#N)ccc(C2(F)CCCC2)c1C(=O)N1CCc2nn(-c3ccccc3)cc2C1. The molecule has 33 heavy (non-hydrogen) atoms. The summed E-state index contributed by atoms with van der Waals surface area (Å²) in [6.07, 6.45) is 4.85. The summed E-state index contributed by atoms with van der Waals surface area (Å²) in [5, 5.41) is 14.3. The molecule has 1 amide bonds. The number of rotatable bonds is 4. The van der Waals surface area contributed by atoms with Gasteiger partial charge < -0.3 is 9.64 Å². The molecule has 1 fully saturated rings. The van der Waals surface area contributed by atoms with Crippen LogP contribution in [0, 0.1) is 11.3 Å². The van der Waals surface area contributed by atoms with Crippen LogP contribution in [0.25, 0.3) is 5.69 Å². The highest BCUT2D eigenvalue weighted by atomic mass is 19.1. The van der Waals surface area contributed by atoms with Gasteiger partial charge in [-0.1, -0.05) is 24.3 Å². The van der Waals surface area contributed by atoms with E-state index in [0.717, 1.165) is 29.8 Å². The van der Waals surface area contributed by atoms with E-state index in [0.29, 0.717) is 37.9 Å². The van der Waals surface area contributed by atoms with Crippen molar-refractivity contribution in [2.24, 2.45) is 0 Å². The summed E-state index contributed by atoms with van der Waals surface area (Å²) in [4.78, 5) is 15.5. The molecule has 168 valence electrons. The van der Waals surface area contributed by atoms with E-state index < -0.39 is 5.67 Å². The lowest BCUT2D eigenvalue weighted by Gasteiger charge is -2.30. The Bertz CT molecular complexity index is 1240. The summed E-state index contributed by atoms with van der Waals surface area (Å²) in [5.74, 6) is -0.143. The second-order valence-electron chi connectivity index (χ2n) is 8.71. The van der Waals surface area contributed by atoms with Gasteiger partial charge in [0.05, 0.1) is 29.6 Å². The number of halogens is 1. The Morgan fingerprint density at radius 3 is 2.64 bits per heavy atom. The molecule has 2 aliphatic rings. The number of methoxy groups -OCH3 is 1. The Morgan fingerprint density at radius 2 is 1.94 bits per heavy atom. The fourth-order valence-electron chi connectivity index (χ4n) is 5.03. The number of carbonyl (C=O) groups is 1. The summed E-state index contributed by atoms with van der Waals surface area (Å²) in [5.41, 5.74) is 2.05. The number of nitriles is 1. The molecule has 6 nitrogen and oxygen atoms in total. The van der Waals surface area contributed by atoms with E-state index in [4.69, 9.17) is 9.84 Å². The molecule has 0 spiro atoms. The summed E-state index contributed by atoms with van der Waals surface area (Å²) in [7, 11) is 1.43. The van der Waals surface area contributed by atoms with E-state index in [-0.39, 0.29) is 22.8 Å². The third kappa shape index (κ3) is 3.66. The normalized spacial score (nSPS) is 16.8. The van der Waals surface area contributed by atoms with E-state index in [1.165, 1.54) is 7.11 Å². The maximum Gasteiger partial charge on any atom is 0.258 e. The average molecular weight is 445 g/mol. The molecule has 1 aliphatic carbocycles. The third-order valence-electron chi connectivity index (χ3n) is 6.74. The zero-order chi connectivity index (χ0) is 23.0. The Balaban J connectivity index is 1.51. The summed E-state index contributed by atoms with van der Waals surface area (Å²) >= 11 is 0. The third-order valence-corrected chi connectivity index (χ3v) is 6.74. The second kappa shape index (κ2) is 8.36. The molecular weight excluding hydrogens is 419 g/mol. The number of amides is 1. The summed E-state index contributed by atoms with van der Waals surface area (Å²) in [6.45, 7) is 0.843. The van der Waals surface area contributed by atoms with Crippen LogP contribution in [0.15, 0.2) is 48.7 Å². The molecule has 3 aromatic rings. The Morgan fingerprint density at radius 1 is 1.18 bits per heavy atom. The number of aromatic nitrogens is 2. The molecule has 1 aromatic heterocycles. The molecule has 2 aromatic carbocycles. The van der Waals surface area contributed by atoms with Crippen molar-refractivity contribution in [2.45, 2.75) is 44.3 Å². The van der Waals surface area contributed by atoms with Crippen molar-refractivity contribution in [2.75, 3.05) is 13.7 Å². The van der Waals surface area contributed by atoms with Crippen LogP contribution in [0.2, 0.25) is 0 Å². The highest BCUT2D eigenvalue weighted by molar-refractivity contribution is 5.99. The zero-order valence-corrected chi connectivity index (χ0v) is 18.6. The second-order valence-corrected chi connectivity index (χ2v) is 8.71. The molecule has 0 saturated heterocycles. The lowest BCUT2D eigenvalue weighted by molar-refractivity contribution is 0.0720. The number of alkyl halides is 1. The van der Waals surface area contributed by atoms with Crippen LogP contribution < -0.4 is 4.74 Å². The van der Waals surface area contributed by atoms with Crippen molar-refractivity contribution in [1.82, 2.24) is 14.7 Å². The van der Waals surface area contributed by atoms with Crippen LogP contribution in [-0.4, -0.2) is 34.2 Å². The Kier molecular flexibility index (Phi) is 5.37. The van der Waals surface area contributed by atoms with Crippen molar-refractivity contribution in [3.8, 4) is 17.5 Å². The monoisotopic (exact) mass is 444 g/mol. The van der Waals surface area contributed by atoms with Gasteiger partial charge in [-0.2, -0.15) is 10.4 Å². The molecule has 0 atom stereocenters. The minimum Gasteiger partial charge on any atom is -0.495 e. The predicted molar refractivity (Wildman–Crippen MR) is 121 cm³/mol. The molecule has 0 N–H and O–H groups in total. The van der Waals surface area contributed by atoms with Crippen LogP contribution in [0.5, 0.6) is 5.75 Å². The van der Waals surface area contributed by atoms with Gasteiger partial charge in [-0.05, 0) is 43.9 Å². The van der Waals surface area contributed by atoms with E-state index in [9.17, 15) is 10.1 Å². The number of nitrogens with zero attached hydrogens (tertiary/aromatic N) is 4. The van der Waals surface area contributed by atoms with Crippen LogP contribution >= 0.6 is 0 Å². The highest BCUT2D eigenvalue weighted by Gasteiger charge is 2.41. The molecule has 0 radical (unpaired) electrons. The number of para-hydroxylation sites is 1. The minimum absolute atomic E-state index is 0.162. The minimum atomic E-state index is -1.58. The van der Waals surface area contributed by atoms with Gasteiger partial charge in [-0.25, -0.2) is 9.07 Å². The standard InChI is InChI=1S/C26H25FN4O2/c1-33-24-18(15-28)9-10-21(26(27)12-5-6-13-26)23(24)25(32)30-14-11-22-19(16-30)17-31(29-22)20-7-3-2-4-8-20/h2-4,7-10,17H,5-6,11-14,16H2,1H3. The molecule has 5 rings (SSSR count). The van der Waals surface area contributed by atoms with Crippen molar-refractivity contribution in [1.29, 1.82) is 5.26 Å². The van der Waals surface area contributed by atoms with Gasteiger partial charge in [-0.3, -0.25) is 4.79 Å². The number of fused-ring (bicyclic) bond motifs is 1. The highest BCUT2D eigenvalue weighted by Crippen LogP contribution is 2.46. The zero-order valence-electron chi connectivity index (χ0n) is 18.6. The van der Waals surface area contributed by atoms with Crippen molar-refractivity contribution in [3.63, 3.8) is 0 Å². The van der Waals surface area contributed by atoms with Crippen LogP contribution in [0.3, 0.4) is 0 Å². The average Bonchev–Trinajstić information content (AvgIpc) is 3.49. The largest absolute Gasteiger partial charge is 0.495 e. The number of ether oxygens (including phenoxy) is 1. The number of carbonyl (C=O) groups excluding carboxylic acids is 1. The maximum absolute atomic E-state index is 15.9. The quantitative estimate of drug-likeness (QED) is 0.585. The van der Waals surface area contributed by atoms with Gasteiger partial charge >= 0.3 is 0 Å². The smallest absolute Gasteiger partial charge is 0.258 e. The topological polar surface area (TPSA) is 71.2 Å². The first kappa shape index (κ1) is 21.2. The fourth-order valence-corrected chi connectivity index (χ4v) is 5.03. The van der Waals surface area contributed by atoms with Crippen LogP contribution in [0.1, 0.15) is 58.4 Å². The molecular formula is C26H25FN4O2. The number of hydrogen-bond donors (Lipinski definition) is 0. The first-order valence-corrected chi connectivity index (χ1v) is 11.3. The predicted octanol–water partition coefficient (Wildman–Crippen LogP) is 4.69. The Labute approximate surface area is 192 Å². The lowest BCUT2D eigenvalue weighted by atomic mass is 9.87. The van der Waals surface area contributed by atoms with Gasteiger partial charge in [-0.15, -0.1) is 0 Å². The fraction of sp³-hybridized carbons (Fsp3) is 0.346. The van der Waals surface area contributed by atoms with Gasteiger partial charge in [0.2, 0.25) is 0 Å². The van der Waals surface area contributed by atoms with Gasteiger partial charge in [0.15, 0.2) is 0 Å². The molecule has 0 unspecified atom stereocenters. The first-order chi connectivity index (χ1) is 16.0. The molecule has 2 heterocycles. The summed E-state index contributed by atoms with van der Waals surface area (Å²) < 4.78 is 23.2. The Hall–Kier alpha value is -3.66. The van der Waals surface area contributed by atoms with Crippen LogP contribution in [0.4, 0.5) is 4.39 Å². The van der Waals surface area contributed by atoms with Gasteiger partial charge in [0, 0.05) is 36.8 Å². The van der Waals surface area contributed by atoms with E-state index in [1.54, 1.807) is 17.0 Å². The maximum atomic E-state index is 15.9. The van der Waals surface area contributed by atoms with Gasteiger partial charge in [0.1, 0.15) is 17.5 Å². The molecule has 0 bridgehead atoms. The van der Waals surface area contributed by atoms with Crippen LogP contribution in [-0.2, 0) is 18.6 Å². The lowest BCUT2D eigenvalue weighted by Crippen LogP contribution is -2.37. The molecule has 1 saturated carbocycles. The van der Waals surface area contributed by atoms with E-state index >= 15 is 4.39 Å². The molecule has 1 aliphatic heterocycles. The number of hydrogen-bond acceptors (Lipinski definition) is 4. The van der Waals surface area contributed by atoms with Crippen molar-refractivity contribution in [3.05, 3.63) is 76.6 Å². The van der Waals surface area contributed by atoms with E-state index in [1.807, 2.05) is 41.2 Å². The van der Waals surface area contributed by atoms with E-state index in [2.05, 4.69) is 6.07 Å². The van der Waals surface area contributed by atoms with Gasteiger partial charge in [0.25, 0.3) is 5.91 Å². The number of benzene rings is 2.